The third-order valence-electron chi connectivity index (χ3n) is 4.85. The Labute approximate surface area is 179 Å². The Morgan fingerprint density at radius 2 is 2.00 bits per heavy atom. The smallest absolute Gasteiger partial charge is 0.410 e. The van der Waals surface area contributed by atoms with E-state index in [1.807, 2.05) is 0 Å². The van der Waals surface area contributed by atoms with Crippen LogP contribution in [0.25, 0.3) is 10.9 Å². The van der Waals surface area contributed by atoms with Gasteiger partial charge < -0.3 is 15.5 Å². The second-order valence-electron chi connectivity index (χ2n) is 7.20. The van der Waals surface area contributed by atoms with Gasteiger partial charge in [0.15, 0.2) is 0 Å². The monoisotopic (exact) mass is 445 g/mol. The van der Waals surface area contributed by atoms with Crippen LogP contribution in [0.3, 0.4) is 0 Å². The highest BCUT2D eigenvalue weighted by molar-refractivity contribution is 5.98. The minimum absolute atomic E-state index is 0.00373. The van der Waals surface area contributed by atoms with Gasteiger partial charge in [0.25, 0.3) is 5.91 Å². The Balaban J connectivity index is 1.38. The van der Waals surface area contributed by atoms with Gasteiger partial charge >= 0.3 is 6.18 Å². The number of aromatic amines is 1. The van der Waals surface area contributed by atoms with Crippen molar-refractivity contribution >= 4 is 28.4 Å². The second-order valence-corrected chi connectivity index (χ2v) is 7.20. The number of hydrogen-bond acceptors (Lipinski definition) is 5. The van der Waals surface area contributed by atoms with Gasteiger partial charge in [-0.25, -0.2) is 0 Å². The topological polar surface area (TPSA) is 108 Å². The molecule has 1 aliphatic heterocycles. The van der Waals surface area contributed by atoms with Gasteiger partial charge in [0.2, 0.25) is 5.91 Å². The van der Waals surface area contributed by atoms with Crippen molar-refractivity contribution in [2.24, 2.45) is 0 Å². The van der Waals surface area contributed by atoms with Crippen LogP contribution < -0.4 is 16.1 Å². The van der Waals surface area contributed by atoms with Crippen LogP contribution in [-0.2, 0) is 15.8 Å². The molecule has 3 aromatic rings. The predicted molar refractivity (Wildman–Crippen MR) is 109 cm³/mol. The van der Waals surface area contributed by atoms with Crippen LogP contribution in [0.2, 0.25) is 0 Å². The van der Waals surface area contributed by atoms with Gasteiger partial charge in [-0.1, -0.05) is 12.1 Å². The summed E-state index contributed by atoms with van der Waals surface area (Å²) in [6.45, 7) is 1.67. The average Bonchev–Trinajstić information content (AvgIpc) is 3.42. The van der Waals surface area contributed by atoms with Crippen molar-refractivity contribution in [3.8, 4) is 0 Å². The van der Waals surface area contributed by atoms with E-state index in [0.717, 1.165) is 23.0 Å². The molecule has 2 heterocycles. The van der Waals surface area contributed by atoms with E-state index in [-0.39, 0.29) is 11.6 Å². The first-order valence-electron chi connectivity index (χ1n) is 9.57. The lowest BCUT2D eigenvalue weighted by Gasteiger charge is -2.14. The SMILES string of the molecule is C[C@@H](NC(=O)c1ccc2cn[nH]c2c1)C1=CC(C(=O)Nc2cccc(C(F)(F)F)c2)NO1. The third kappa shape index (κ3) is 4.57. The van der Waals surface area contributed by atoms with E-state index in [1.54, 1.807) is 31.3 Å². The number of hydrogen-bond donors (Lipinski definition) is 4. The Bertz CT molecular complexity index is 1200. The molecule has 11 heteroatoms. The van der Waals surface area contributed by atoms with Crippen LogP contribution in [0.5, 0.6) is 0 Å². The summed E-state index contributed by atoms with van der Waals surface area (Å²) in [6, 6.07) is 7.89. The van der Waals surface area contributed by atoms with Crippen molar-refractivity contribution in [1.29, 1.82) is 0 Å². The van der Waals surface area contributed by atoms with Crippen molar-refractivity contribution in [2.45, 2.75) is 25.2 Å². The first-order valence-corrected chi connectivity index (χ1v) is 9.57. The van der Waals surface area contributed by atoms with Gasteiger partial charge in [-0.15, -0.1) is 5.48 Å². The molecule has 1 aliphatic rings. The predicted octanol–water partition coefficient (Wildman–Crippen LogP) is 3.13. The summed E-state index contributed by atoms with van der Waals surface area (Å²) < 4.78 is 38.5. The minimum Gasteiger partial charge on any atom is -0.410 e. The number of amides is 2. The summed E-state index contributed by atoms with van der Waals surface area (Å²) in [5.74, 6) is -0.664. The van der Waals surface area contributed by atoms with Gasteiger partial charge in [-0.3, -0.25) is 14.7 Å². The molecule has 0 fully saturated rings. The molecule has 32 heavy (non-hydrogen) atoms. The number of nitrogens with zero attached hydrogens (tertiary/aromatic N) is 1. The van der Waals surface area contributed by atoms with E-state index in [1.165, 1.54) is 18.2 Å². The summed E-state index contributed by atoms with van der Waals surface area (Å²) >= 11 is 0. The molecule has 4 rings (SSSR count). The van der Waals surface area contributed by atoms with Gasteiger partial charge in [0.1, 0.15) is 11.8 Å². The molecule has 1 unspecified atom stereocenters. The van der Waals surface area contributed by atoms with E-state index in [0.29, 0.717) is 11.3 Å². The zero-order valence-electron chi connectivity index (χ0n) is 16.7. The lowest BCUT2D eigenvalue weighted by Crippen LogP contribution is -2.36. The maximum Gasteiger partial charge on any atom is 0.416 e. The van der Waals surface area contributed by atoms with Crippen molar-refractivity contribution in [3.05, 3.63) is 71.6 Å². The number of fused-ring (bicyclic) bond motifs is 1. The molecule has 4 N–H and O–H groups in total. The van der Waals surface area contributed by atoms with Crippen LogP contribution in [-0.4, -0.2) is 34.1 Å². The maximum atomic E-state index is 12.8. The molecular formula is C21H18F3N5O3. The van der Waals surface area contributed by atoms with Crippen molar-refractivity contribution in [2.75, 3.05) is 5.32 Å². The molecule has 2 amide bonds. The normalized spacial score (nSPS) is 16.9. The fraction of sp³-hybridized carbons (Fsp3) is 0.190. The summed E-state index contributed by atoms with van der Waals surface area (Å²) in [6.07, 6.45) is -1.42. The molecule has 0 aliphatic carbocycles. The number of anilines is 1. The maximum absolute atomic E-state index is 12.8. The standard InChI is InChI=1S/C21H18F3N5O3/c1-11(26-19(30)12-5-6-13-10-25-28-16(13)7-12)18-9-17(29-32-18)20(31)27-15-4-2-3-14(8-15)21(22,23)24/h2-11,17,29H,1H3,(H,25,28)(H,26,30)(H,27,31)/t11-,17?/m1/s1. The Morgan fingerprint density at radius 1 is 1.19 bits per heavy atom. The number of halogens is 3. The minimum atomic E-state index is -4.52. The summed E-state index contributed by atoms with van der Waals surface area (Å²) in [5.41, 5.74) is 2.76. The van der Waals surface area contributed by atoms with E-state index in [9.17, 15) is 22.8 Å². The molecule has 0 spiro atoms. The molecular weight excluding hydrogens is 427 g/mol. The van der Waals surface area contributed by atoms with Gasteiger partial charge in [0, 0.05) is 16.6 Å². The number of carbonyl (C=O) groups is 2. The molecule has 166 valence electrons. The van der Waals surface area contributed by atoms with E-state index in [4.69, 9.17) is 4.84 Å². The first kappa shape index (κ1) is 21.4. The molecule has 0 saturated heterocycles. The molecule has 1 aromatic heterocycles. The van der Waals surface area contributed by atoms with E-state index in [2.05, 4.69) is 26.3 Å². The highest BCUT2D eigenvalue weighted by Gasteiger charge is 2.31. The number of carbonyl (C=O) groups excluding carboxylic acids is 2. The Hall–Kier alpha value is -3.86. The fourth-order valence-electron chi connectivity index (χ4n) is 3.15. The third-order valence-corrected chi connectivity index (χ3v) is 4.85. The fourth-order valence-corrected chi connectivity index (χ4v) is 3.15. The number of hydroxylamine groups is 1. The highest BCUT2D eigenvalue weighted by Crippen LogP contribution is 2.30. The molecule has 0 saturated carbocycles. The summed E-state index contributed by atoms with van der Waals surface area (Å²) in [7, 11) is 0. The van der Waals surface area contributed by atoms with E-state index >= 15 is 0 Å². The van der Waals surface area contributed by atoms with E-state index < -0.39 is 29.7 Å². The number of rotatable bonds is 5. The number of H-pyrrole nitrogens is 1. The van der Waals surface area contributed by atoms with Crippen LogP contribution in [0, 0.1) is 0 Å². The average molecular weight is 445 g/mol. The molecule has 2 aromatic carbocycles. The summed E-state index contributed by atoms with van der Waals surface area (Å²) in [4.78, 5) is 30.2. The number of alkyl halides is 3. The molecule has 0 radical (unpaired) electrons. The highest BCUT2D eigenvalue weighted by atomic mass is 19.4. The van der Waals surface area contributed by atoms with Crippen molar-refractivity contribution in [3.63, 3.8) is 0 Å². The molecule has 0 bridgehead atoms. The molecule has 8 nitrogen and oxygen atoms in total. The molecule has 2 atom stereocenters. The second kappa shape index (κ2) is 8.35. The Morgan fingerprint density at radius 3 is 2.78 bits per heavy atom. The van der Waals surface area contributed by atoms with Crippen molar-refractivity contribution in [1.82, 2.24) is 21.0 Å². The lowest BCUT2D eigenvalue weighted by molar-refractivity contribution is -0.137. The van der Waals surface area contributed by atoms with Crippen molar-refractivity contribution < 1.29 is 27.6 Å². The van der Waals surface area contributed by atoms with Crippen LogP contribution in [0.1, 0.15) is 22.8 Å². The van der Waals surface area contributed by atoms with Crippen LogP contribution in [0.15, 0.2) is 60.5 Å². The van der Waals surface area contributed by atoms with Crippen LogP contribution >= 0.6 is 0 Å². The quantitative estimate of drug-likeness (QED) is 0.483. The Kier molecular flexibility index (Phi) is 5.57. The summed E-state index contributed by atoms with van der Waals surface area (Å²) in [5, 5.41) is 12.7. The number of aromatic nitrogens is 2. The van der Waals surface area contributed by atoms with Gasteiger partial charge in [0.05, 0.1) is 23.3 Å². The van der Waals surface area contributed by atoms with Gasteiger partial charge in [-0.2, -0.15) is 18.3 Å². The first-order chi connectivity index (χ1) is 15.2. The largest absolute Gasteiger partial charge is 0.416 e. The number of benzene rings is 2. The van der Waals surface area contributed by atoms with Gasteiger partial charge in [-0.05, 0) is 43.3 Å². The lowest BCUT2D eigenvalue weighted by atomic mass is 10.1. The zero-order valence-corrected chi connectivity index (χ0v) is 16.7. The van der Waals surface area contributed by atoms with Crippen LogP contribution in [0.4, 0.5) is 18.9 Å². The zero-order chi connectivity index (χ0) is 22.9. The number of nitrogens with one attached hydrogen (secondary N) is 4.